The van der Waals surface area contributed by atoms with Gasteiger partial charge in [0.1, 0.15) is 11.6 Å². The molecule has 3 rings (SSSR count). The van der Waals surface area contributed by atoms with Crippen molar-refractivity contribution in [2.24, 2.45) is 5.73 Å². The predicted molar refractivity (Wildman–Crippen MR) is 98.7 cm³/mol. The Morgan fingerprint density at radius 3 is 2.63 bits per heavy atom. The number of carbonyl (C=O) groups is 1. The molecule has 8 heteroatoms. The maximum atomic E-state index is 13.3. The van der Waals surface area contributed by atoms with E-state index in [-0.39, 0.29) is 12.1 Å². The minimum Gasteiger partial charge on any atom is -0.380 e. The molecule has 0 unspecified atom stereocenters. The van der Waals surface area contributed by atoms with Gasteiger partial charge in [-0.25, -0.2) is 9.37 Å². The van der Waals surface area contributed by atoms with Crippen LogP contribution in [0.2, 0.25) is 0 Å². The Morgan fingerprint density at radius 2 is 1.96 bits per heavy atom. The van der Waals surface area contributed by atoms with Crippen molar-refractivity contribution in [1.29, 1.82) is 5.26 Å². The number of nitrogens with two attached hydrogens (primary N) is 1. The lowest BCUT2D eigenvalue weighted by atomic mass is 10.2. The Morgan fingerprint density at radius 1 is 1.19 bits per heavy atom. The first-order valence-electron chi connectivity index (χ1n) is 7.95. The fourth-order valence-electron chi connectivity index (χ4n) is 2.39. The van der Waals surface area contributed by atoms with E-state index in [2.05, 4.69) is 20.6 Å². The highest BCUT2D eigenvalue weighted by Crippen LogP contribution is 2.22. The Balaban J connectivity index is 1.81. The zero-order valence-electron chi connectivity index (χ0n) is 14.1. The van der Waals surface area contributed by atoms with Crippen LogP contribution in [-0.4, -0.2) is 15.9 Å². The van der Waals surface area contributed by atoms with Crippen molar-refractivity contribution in [3.05, 3.63) is 77.5 Å². The molecule has 1 aromatic carbocycles. The van der Waals surface area contributed by atoms with E-state index in [1.54, 1.807) is 30.3 Å². The van der Waals surface area contributed by atoms with Crippen molar-refractivity contribution in [3.63, 3.8) is 0 Å². The van der Waals surface area contributed by atoms with E-state index in [0.717, 1.165) is 11.9 Å². The van der Waals surface area contributed by atoms with Crippen LogP contribution in [0.25, 0.3) is 0 Å². The molecule has 0 saturated carbocycles. The van der Waals surface area contributed by atoms with Crippen molar-refractivity contribution >= 4 is 23.1 Å². The summed E-state index contributed by atoms with van der Waals surface area (Å²) in [6.07, 6.45) is 4.00. The number of hydrogen-bond acceptors (Lipinski definition) is 6. The first kappa shape index (κ1) is 17.8. The van der Waals surface area contributed by atoms with Gasteiger partial charge >= 0.3 is 0 Å². The molecule has 1 amide bonds. The highest BCUT2D eigenvalue weighted by molar-refractivity contribution is 5.98. The minimum absolute atomic E-state index is 0.213. The number of nitrogens with zero attached hydrogens (tertiary/aromatic N) is 3. The quantitative estimate of drug-likeness (QED) is 0.621. The van der Waals surface area contributed by atoms with E-state index in [0.29, 0.717) is 22.6 Å². The molecule has 7 nitrogen and oxygen atoms in total. The van der Waals surface area contributed by atoms with Crippen LogP contribution in [0.3, 0.4) is 0 Å². The molecule has 0 spiro atoms. The summed E-state index contributed by atoms with van der Waals surface area (Å²) in [6.45, 7) is 0.255. The zero-order chi connectivity index (χ0) is 19.2. The van der Waals surface area contributed by atoms with Crippen LogP contribution in [0.1, 0.15) is 21.5 Å². The van der Waals surface area contributed by atoms with E-state index in [4.69, 9.17) is 11.0 Å². The highest BCUT2D eigenvalue weighted by atomic mass is 19.1. The van der Waals surface area contributed by atoms with E-state index in [9.17, 15) is 9.18 Å². The second kappa shape index (κ2) is 7.93. The molecule has 0 atom stereocenters. The number of halogens is 1. The summed E-state index contributed by atoms with van der Waals surface area (Å²) in [5, 5.41) is 15.0. The second-order valence-electron chi connectivity index (χ2n) is 5.66. The standard InChI is InChI=1S/C19H15FN6O/c20-14-5-13(8-23-10-14)9-24-17-6-18(25-11-16(17)19(22)27)26-15-3-1-12(7-21)2-4-15/h1-6,8,10-11H,9H2,(H2,22,27)(H2,24,25,26). The number of nitriles is 1. The van der Waals surface area contributed by atoms with Crippen LogP contribution in [0.4, 0.5) is 21.6 Å². The Bertz CT molecular complexity index is 1010. The number of benzene rings is 1. The van der Waals surface area contributed by atoms with Gasteiger partial charge < -0.3 is 16.4 Å². The fourth-order valence-corrected chi connectivity index (χ4v) is 2.39. The molecule has 0 radical (unpaired) electrons. The van der Waals surface area contributed by atoms with Gasteiger partial charge in [0.2, 0.25) is 0 Å². The number of anilines is 3. The smallest absolute Gasteiger partial charge is 0.252 e. The first-order valence-corrected chi connectivity index (χ1v) is 7.95. The molecule has 0 fully saturated rings. The number of nitrogens with one attached hydrogen (secondary N) is 2. The number of carbonyl (C=O) groups excluding carboxylic acids is 1. The number of pyridine rings is 2. The van der Waals surface area contributed by atoms with Crippen molar-refractivity contribution < 1.29 is 9.18 Å². The first-order chi connectivity index (χ1) is 13.0. The van der Waals surface area contributed by atoms with E-state index in [1.807, 2.05) is 6.07 Å². The Kier molecular flexibility index (Phi) is 5.23. The Labute approximate surface area is 154 Å². The topological polar surface area (TPSA) is 117 Å². The van der Waals surface area contributed by atoms with Gasteiger partial charge in [0, 0.05) is 30.7 Å². The average molecular weight is 362 g/mol. The van der Waals surface area contributed by atoms with Crippen LogP contribution in [0.15, 0.2) is 55.0 Å². The van der Waals surface area contributed by atoms with E-state index >= 15 is 0 Å². The molecule has 3 aromatic rings. The van der Waals surface area contributed by atoms with E-state index in [1.165, 1.54) is 18.5 Å². The van der Waals surface area contributed by atoms with Gasteiger partial charge in [0.05, 0.1) is 29.1 Å². The summed E-state index contributed by atoms with van der Waals surface area (Å²) in [5.74, 6) is -0.598. The van der Waals surface area contributed by atoms with Crippen LogP contribution < -0.4 is 16.4 Å². The van der Waals surface area contributed by atoms with Gasteiger partial charge in [0.25, 0.3) is 5.91 Å². The molecule has 27 heavy (non-hydrogen) atoms. The van der Waals surface area contributed by atoms with Crippen molar-refractivity contribution in [3.8, 4) is 6.07 Å². The SMILES string of the molecule is N#Cc1ccc(Nc2cc(NCc3cncc(F)c3)c(C(N)=O)cn2)cc1. The van der Waals surface area contributed by atoms with Crippen LogP contribution in [0.5, 0.6) is 0 Å². The summed E-state index contributed by atoms with van der Waals surface area (Å²) in [7, 11) is 0. The summed E-state index contributed by atoms with van der Waals surface area (Å²) < 4.78 is 13.3. The van der Waals surface area contributed by atoms with Crippen molar-refractivity contribution in [2.75, 3.05) is 10.6 Å². The molecule has 0 aliphatic rings. The normalized spacial score (nSPS) is 10.1. The number of amides is 1. The fraction of sp³-hybridized carbons (Fsp3) is 0.0526. The molecule has 2 heterocycles. The molecule has 2 aromatic heterocycles. The lowest BCUT2D eigenvalue weighted by molar-refractivity contribution is 0.100. The Hall–Kier alpha value is -3.99. The van der Waals surface area contributed by atoms with Crippen LogP contribution in [0, 0.1) is 17.1 Å². The second-order valence-corrected chi connectivity index (χ2v) is 5.66. The lowest BCUT2D eigenvalue weighted by Crippen LogP contribution is -2.15. The number of rotatable bonds is 6. The molecular formula is C19H15FN6O. The van der Waals surface area contributed by atoms with Crippen LogP contribution >= 0.6 is 0 Å². The molecule has 4 N–H and O–H groups in total. The summed E-state index contributed by atoms with van der Waals surface area (Å²) >= 11 is 0. The van der Waals surface area contributed by atoms with E-state index < -0.39 is 11.7 Å². The lowest BCUT2D eigenvalue weighted by Gasteiger charge is -2.13. The van der Waals surface area contributed by atoms with Gasteiger partial charge in [-0.3, -0.25) is 9.78 Å². The molecular weight excluding hydrogens is 347 g/mol. The molecule has 0 bridgehead atoms. The average Bonchev–Trinajstić information content (AvgIpc) is 2.67. The monoisotopic (exact) mass is 362 g/mol. The van der Waals surface area contributed by atoms with Crippen LogP contribution in [-0.2, 0) is 6.54 Å². The minimum atomic E-state index is -0.632. The molecule has 0 aliphatic heterocycles. The third-order valence-electron chi connectivity index (χ3n) is 3.70. The van der Waals surface area contributed by atoms with Gasteiger partial charge in [-0.15, -0.1) is 0 Å². The third kappa shape index (κ3) is 4.55. The number of aromatic nitrogens is 2. The molecule has 134 valence electrons. The third-order valence-corrected chi connectivity index (χ3v) is 3.70. The maximum absolute atomic E-state index is 13.3. The largest absolute Gasteiger partial charge is 0.380 e. The van der Waals surface area contributed by atoms with Gasteiger partial charge in [0.15, 0.2) is 0 Å². The summed E-state index contributed by atoms with van der Waals surface area (Å²) in [4.78, 5) is 19.6. The zero-order valence-corrected chi connectivity index (χ0v) is 14.1. The molecule has 0 aliphatic carbocycles. The van der Waals surface area contributed by atoms with Crippen molar-refractivity contribution in [1.82, 2.24) is 9.97 Å². The highest BCUT2D eigenvalue weighted by Gasteiger charge is 2.11. The number of hydrogen-bond donors (Lipinski definition) is 3. The summed E-state index contributed by atoms with van der Waals surface area (Å²) in [6, 6.07) is 11.9. The number of primary amides is 1. The maximum Gasteiger partial charge on any atom is 0.252 e. The van der Waals surface area contributed by atoms with Gasteiger partial charge in [-0.1, -0.05) is 0 Å². The van der Waals surface area contributed by atoms with Gasteiger partial charge in [-0.05, 0) is 35.9 Å². The predicted octanol–water partition coefficient (Wildman–Crippen LogP) is 2.94. The molecule has 0 saturated heterocycles. The van der Waals surface area contributed by atoms with Crippen molar-refractivity contribution in [2.45, 2.75) is 6.54 Å². The van der Waals surface area contributed by atoms with Gasteiger partial charge in [-0.2, -0.15) is 5.26 Å². The summed E-state index contributed by atoms with van der Waals surface area (Å²) in [5.41, 5.74) is 7.96.